The van der Waals surface area contributed by atoms with Crippen molar-refractivity contribution in [3.8, 4) is 11.5 Å². The molecule has 0 saturated carbocycles. The first kappa shape index (κ1) is 15.1. The lowest BCUT2D eigenvalue weighted by molar-refractivity contribution is 0.102. The molecule has 0 radical (unpaired) electrons. The maximum Gasteiger partial charge on any atom is 0.256 e. The number of hydrogen-bond acceptors (Lipinski definition) is 3. The van der Waals surface area contributed by atoms with Crippen LogP contribution in [0.3, 0.4) is 0 Å². The number of pyridine rings is 1. The fraction of sp³-hybridized carbons (Fsp3) is 0.0476. The number of para-hydroxylation sites is 2. The molecule has 0 unspecified atom stereocenters. The molecule has 0 aliphatic heterocycles. The Bertz CT molecular complexity index is 1050. The SMILES string of the molecule is Cc1ccc(-c2cc(C(=O)Nc3ccccc3)c3ccccc3n2)o1. The summed E-state index contributed by atoms with van der Waals surface area (Å²) in [5, 5.41) is 3.75. The topological polar surface area (TPSA) is 55.1 Å². The van der Waals surface area contributed by atoms with Gasteiger partial charge in [0.1, 0.15) is 11.5 Å². The van der Waals surface area contributed by atoms with E-state index in [4.69, 9.17) is 4.42 Å². The third kappa shape index (κ3) is 3.02. The molecule has 4 heteroatoms. The number of fused-ring (bicyclic) bond motifs is 1. The normalized spacial score (nSPS) is 10.8. The molecule has 0 atom stereocenters. The van der Waals surface area contributed by atoms with Gasteiger partial charge < -0.3 is 9.73 Å². The Labute approximate surface area is 145 Å². The summed E-state index contributed by atoms with van der Waals surface area (Å²) in [4.78, 5) is 17.5. The van der Waals surface area contributed by atoms with E-state index in [0.29, 0.717) is 17.0 Å². The third-order valence-corrected chi connectivity index (χ3v) is 3.99. The van der Waals surface area contributed by atoms with Gasteiger partial charge in [-0.1, -0.05) is 36.4 Å². The smallest absolute Gasteiger partial charge is 0.256 e. The van der Waals surface area contributed by atoms with Crippen LogP contribution in [0.5, 0.6) is 0 Å². The largest absolute Gasteiger partial charge is 0.460 e. The van der Waals surface area contributed by atoms with E-state index in [9.17, 15) is 4.79 Å². The number of furan rings is 1. The highest BCUT2D eigenvalue weighted by molar-refractivity contribution is 6.13. The summed E-state index contributed by atoms with van der Waals surface area (Å²) in [6, 6.07) is 22.5. The monoisotopic (exact) mass is 328 g/mol. The Hall–Kier alpha value is -3.40. The number of nitrogens with zero attached hydrogens (tertiary/aromatic N) is 1. The van der Waals surface area contributed by atoms with Crippen LogP contribution in [0.25, 0.3) is 22.4 Å². The number of carbonyl (C=O) groups is 1. The Morgan fingerprint density at radius 2 is 1.72 bits per heavy atom. The molecular weight excluding hydrogens is 312 g/mol. The number of benzene rings is 2. The van der Waals surface area contributed by atoms with Crippen LogP contribution in [0.1, 0.15) is 16.1 Å². The molecule has 25 heavy (non-hydrogen) atoms. The van der Waals surface area contributed by atoms with Crippen LogP contribution in [0.2, 0.25) is 0 Å². The number of hydrogen-bond donors (Lipinski definition) is 1. The van der Waals surface area contributed by atoms with Crippen LogP contribution in [0.4, 0.5) is 5.69 Å². The van der Waals surface area contributed by atoms with E-state index >= 15 is 0 Å². The van der Waals surface area contributed by atoms with E-state index in [1.807, 2.05) is 73.7 Å². The van der Waals surface area contributed by atoms with Gasteiger partial charge in [0.25, 0.3) is 5.91 Å². The van der Waals surface area contributed by atoms with Gasteiger partial charge in [-0.2, -0.15) is 0 Å². The molecule has 0 fully saturated rings. The first-order valence-electron chi connectivity index (χ1n) is 8.04. The Morgan fingerprint density at radius 3 is 2.48 bits per heavy atom. The summed E-state index contributed by atoms with van der Waals surface area (Å²) < 4.78 is 5.68. The molecule has 0 spiro atoms. The van der Waals surface area contributed by atoms with Gasteiger partial charge in [-0.25, -0.2) is 4.98 Å². The second-order valence-corrected chi connectivity index (χ2v) is 5.80. The second kappa shape index (κ2) is 6.24. The Morgan fingerprint density at radius 1 is 0.960 bits per heavy atom. The average molecular weight is 328 g/mol. The van der Waals surface area contributed by atoms with Gasteiger partial charge in [0, 0.05) is 11.1 Å². The zero-order valence-electron chi connectivity index (χ0n) is 13.7. The van der Waals surface area contributed by atoms with Crippen LogP contribution in [-0.4, -0.2) is 10.9 Å². The van der Waals surface area contributed by atoms with Gasteiger partial charge >= 0.3 is 0 Å². The molecule has 2 aromatic carbocycles. The quantitative estimate of drug-likeness (QED) is 0.572. The van der Waals surface area contributed by atoms with E-state index in [2.05, 4.69) is 10.3 Å². The van der Waals surface area contributed by atoms with Crippen molar-refractivity contribution < 1.29 is 9.21 Å². The lowest BCUT2D eigenvalue weighted by Crippen LogP contribution is -2.13. The standard InChI is InChI=1S/C21H16N2O2/c1-14-11-12-20(25-14)19-13-17(16-9-5-6-10-18(16)23-19)21(24)22-15-7-3-2-4-8-15/h2-13H,1H3,(H,22,24). The van der Waals surface area contributed by atoms with E-state index in [1.54, 1.807) is 6.07 Å². The molecule has 0 saturated heterocycles. The number of aromatic nitrogens is 1. The highest BCUT2D eigenvalue weighted by Gasteiger charge is 2.15. The number of carbonyl (C=O) groups excluding carboxylic acids is 1. The Balaban J connectivity index is 1.82. The van der Waals surface area contributed by atoms with Crippen molar-refractivity contribution in [1.82, 2.24) is 4.98 Å². The van der Waals surface area contributed by atoms with Crippen LogP contribution < -0.4 is 5.32 Å². The van der Waals surface area contributed by atoms with Gasteiger partial charge in [-0.05, 0) is 43.3 Å². The lowest BCUT2D eigenvalue weighted by atomic mass is 10.1. The van der Waals surface area contributed by atoms with Crippen molar-refractivity contribution in [2.75, 3.05) is 5.32 Å². The van der Waals surface area contributed by atoms with Crippen molar-refractivity contribution >= 4 is 22.5 Å². The van der Waals surface area contributed by atoms with E-state index in [0.717, 1.165) is 22.4 Å². The number of aryl methyl sites for hydroxylation is 1. The van der Waals surface area contributed by atoms with Crippen LogP contribution in [-0.2, 0) is 0 Å². The fourth-order valence-electron chi connectivity index (χ4n) is 2.78. The Kier molecular flexibility index (Phi) is 3.78. The minimum Gasteiger partial charge on any atom is -0.460 e. The zero-order valence-corrected chi connectivity index (χ0v) is 13.7. The molecule has 1 amide bonds. The summed E-state index contributed by atoms with van der Waals surface area (Å²) in [6.07, 6.45) is 0. The fourth-order valence-corrected chi connectivity index (χ4v) is 2.78. The molecule has 122 valence electrons. The van der Waals surface area contributed by atoms with E-state index < -0.39 is 0 Å². The lowest BCUT2D eigenvalue weighted by Gasteiger charge is -2.09. The first-order valence-corrected chi connectivity index (χ1v) is 8.04. The average Bonchev–Trinajstić information content (AvgIpc) is 3.08. The van der Waals surface area contributed by atoms with Crippen LogP contribution in [0, 0.1) is 6.92 Å². The number of rotatable bonds is 3. The number of nitrogens with one attached hydrogen (secondary N) is 1. The predicted octanol–water partition coefficient (Wildman–Crippen LogP) is 5.06. The number of anilines is 1. The molecule has 2 heterocycles. The highest BCUT2D eigenvalue weighted by Crippen LogP contribution is 2.26. The van der Waals surface area contributed by atoms with Gasteiger partial charge in [-0.3, -0.25) is 4.79 Å². The van der Waals surface area contributed by atoms with Crippen molar-refractivity contribution in [2.24, 2.45) is 0 Å². The summed E-state index contributed by atoms with van der Waals surface area (Å²) >= 11 is 0. The molecule has 4 aromatic rings. The van der Waals surface area contributed by atoms with Crippen molar-refractivity contribution in [1.29, 1.82) is 0 Å². The minimum atomic E-state index is -0.172. The zero-order chi connectivity index (χ0) is 17.2. The minimum absolute atomic E-state index is 0.172. The van der Waals surface area contributed by atoms with Crippen LogP contribution >= 0.6 is 0 Å². The van der Waals surface area contributed by atoms with Gasteiger partial charge in [0.05, 0.1) is 11.1 Å². The van der Waals surface area contributed by atoms with Crippen molar-refractivity contribution in [3.05, 3.63) is 84.1 Å². The van der Waals surface area contributed by atoms with Gasteiger partial charge in [0.2, 0.25) is 0 Å². The predicted molar refractivity (Wildman–Crippen MR) is 98.6 cm³/mol. The van der Waals surface area contributed by atoms with Crippen molar-refractivity contribution in [3.63, 3.8) is 0 Å². The molecule has 0 aliphatic rings. The molecule has 1 N–H and O–H groups in total. The summed E-state index contributed by atoms with van der Waals surface area (Å²) in [7, 11) is 0. The molecular formula is C21H16N2O2. The molecule has 4 nitrogen and oxygen atoms in total. The molecule has 4 rings (SSSR count). The highest BCUT2D eigenvalue weighted by atomic mass is 16.3. The first-order chi connectivity index (χ1) is 12.2. The molecule has 0 aliphatic carbocycles. The summed E-state index contributed by atoms with van der Waals surface area (Å²) in [6.45, 7) is 1.88. The van der Waals surface area contributed by atoms with Crippen LogP contribution in [0.15, 0.2) is 77.2 Å². The van der Waals surface area contributed by atoms with Crippen molar-refractivity contribution in [2.45, 2.75) is 6.92 Å². The molecule has 0 bridgehead atoms. The second-order valence-electron chi connectivity index (χ2n) is 5.80. The third-order valence-electron chi connectivity index (χ3n) is 3.99. The maximum atomic E-state index is 12.8. The summed E-state index contributed by atoms with van der Waals surface area (Å²) in [5.74, 6) is 1.28. The molecule has 2 aromatic heterocycles. The van der Waals surface area contributed by atoms with E-state index in [1.165, 1.54) is 0 Å². The maximum absolute atomic E-state index is 12.8. The van der Waals surface area contributed by atoms with Gasteiger partial charge in [0.15, 0.2) is 5.76 Å². The van der Waals surface area contributed by atoms with Gasteiger partial charge in [-0.15, -0.1) is 0 Å². The summed E-state index contributed by atoms with van der Waals surface area (Å²) in [5.41, 5.74) is 2.72. The van der Waals surface area contributed by atoms with E-state index in [-0.39, 0.29) is 5.91 Å². The number of amides is 1.